The van der Waals surface area contributed by atoms with E-state index in [0.717, 1.165) is 24.0 Å². The lowest BCUT2D eigenvalue weighted by Gasteiger charge is -2.34. The van der Waals surface area contributed by atoms with Crippen LogP contribution in [0.4, 0.5) is 5.69 Å². The van der Waals surface area contributed by atoms with Gasteiger partial charge in [0.1, 0.15) is 5.75 Å². The predicted molar refractivity (Wildman–Crippen MR) is 101 cm³/mol. The highest BCUT2D eigenvalue weighted by molar-refractivity contribution is 7.16. The zero-order chi connectivity index (χ0) is 18.1. The van der Waals surface area contributed by atoms with Crippen LogP contribution in [0.25, 0.3) is 0 Å². The predicted octanol–water partition coefficient (Wildman–Crippen LogP) is 2.69. The standard InChI is InChI=1S/C18H18ClN3O3S/c19-16-4-2-13(26-16)10-21-5-7-22(8-6-21)18(24)12-1-3-14-15(9-12)25-11-17(23)20-14/h1-4,9H,5-8,10-11H2,(H,20,23). The van der Waals surface area contributed by atoms with Crippen LogP contribution in [0.2, 0.25) is 4.34 Å². The summed E-state index contributed by atoms with van der Waals surface area (Å²) in [4.78, 5) is 29.5. The van der Waals surface area contributed by atoms with Crippen molar-refractivity contribution >= 4 is 40.4 Å². The fourth-order valence-corrected chi connectivity index (χ4v) is 4.29. The number of nitrogens with one attached hydrogen (secondary N) is 1. The first-order chi connectivity index (χ1) is 12.6. The molecule has 4 rings (SSSR count). The van der Waals surface area contributed by atoms with Gasteiger partial charge in [-0.15, -0.1) is 11.3 Å². The Morgan fingerprint density at radius 1 is 1.19 bits per heavy atom. The zero-order valence-electron chi connectivity index (χ0n) is 14.0. The summed E-state index contributed by atoms with van der Waals surface area (Å²) in [5.74, 6) is 0.357. The van der Waals surface area contributed by atoms with Crippen molar-refractivity contribution in [3.63, 3.8) is 0 Å². The van der Waals surface area contributed by atoms with Crippen LogP contribution >= 0.6 is 22.9 Å². The van der Waals surface area contributed by atoms with Gasteiger partial charge >= 0.3 is 0 Å². The Labute approximate surface area is 160 Å². The number of ether oxygens (including phenoxy) is 1. The van der Waals surface area contributed by atoms with Crippen molar-refractivity contribution in [3.8, 4) is 5.75 Å². The Morgan fingerprint density at radius 2 is 2.00 bits per heavy atom. The molecule has 0 atom stereocenters. The summed E-state index contributed by atoms with van der Waals surface area (Å²) in [5.41, 5.74) is 1.19. The van der Waals surface area contributed by atoms with Crippen LogP contribution < -0.4 is 10.1 Å². The molecule has 136 valence electrons. The Kier molecular flexibility index (Phi) is 4.84. The maximum Gasteiger partial charge on any atom is 0.262 e. The molecule has 1 aromatic carbocycles. The van der Waals surface area contributed by atoms with E-state index in [2.05, 4.69) is 16.3 Å². The van der Waals surface area contributed by atoms with E-state index in [9.17, 15) is 9.59 Å². The normalized spacial score (nSPS) is 17.4. The minimum absolute atomic E-state index is 0.00730. The molecule has 0 radical (unpaired) electrons. The molecule has 2 aliphatic heterocycles. The maximum absolute atomic E-state index is 12.8. The molecule has 8 heteroatoms. The molecule has 1 saturated heterocycles. The SMILES string of the molecule is O=C1COc2cc(C(=O)N3CCN(Cc4ccc(Cl)s4)CC3)ccc2N1. The Hall–Kier alpha value is -2.09. The fraction of sp³-hybridized carbons (Fsp3) is 0.333. The summed E-state index contributed by atoms with van der Waals surface area (Å²) in [5, 5.41) is 2.73. The number of anilines is 1. The Bertz CT molecular complexity index is 846. The summed E-state index contributed by atoms with van der Waals surface area (Å²) in [6, 6.07) is 9.13. The number of carbonyl (C=O) groups is 2. The average Bonchev–Trinajstić information content (AvgIpc) is 3.06. The van der Waals surface area contributed by atoms with Crippen LogP contribution in [-0.2, 0) is 11.3 Å². The molecule has 6 nitrogen and oxygen atoms in total. The van der Waals surface area contributed by atoms with Crippen molar-refractivity contribution < 1.29 is 14.3 Å². The summed E-state index contributed by atoms with van der Waals surface area (Å²) in [7, 11) is 0. The third kappa shape index (κ3) is 3.70. The number of hydrogen-bond donors (Lipinski definition) is 1. The van der Waals surface area contributed by atoms with E-state index in [-0.39, 0.29) is 18.4 Å². The molecule has 0 saturated carbocycles. The Morgan fingerprint density at radius 3 is 2.73 bits per heavy atom. The monoisotopic (exact) mass is 391 g/mol. The highest BCUT2D eigenvalue weighted by Crippen LogP contribution is 2.29. The van der Waals surface area contributed by atoms with E-state index in [4.69, 9.17) is 16.3 Å². The van der Waals surface area contributed by atoms with Gasteiger partial charge in [0, 0.05) is 43.2 Å². The molecule has 0 spiro atoms. The first kappa shape index (κ1) is 17.3. The van der Waals surface area contributed by atoms with Crippen molar-refractivity contribution in [2.75, 3.05) is 38.1 Å². The van der Waals surface area contributed by atoms with Gasteiger partial charge in [-0.05, 0) is 30.3 Å². The first-order valence-corrected chi connectivity index (χ1v) is 9.60. The lowest BCUT2D eigenvalue weighted by Crippen LogP contribution is -2.48. The average molecular weight is 392 g/mol. The molecule has 2 aliphatic rings. The molecule has 26 heavy (non-hydrogen) atoms. The van der Waals surface area contributed by atoms with Gasteiger partial charge in [-0.3, -0.25) is 14.5 Å². The molecule has 0 aliphatic carbocycles. The van der Waals surface area contributed by atoms with Gasteiger partial charge in [-0.2, -0.15) is 0 Å². The van der Waals surface area contributed by atoms with E-state index in [0.29, 0.717) is 30.1 Å². The van der Waals surface area contributed by atoms with Crippen molar-refractivity contribution in [1.29, 1.82) is 0 Å². The number of benzene rings is 1. The number of piperazine rings is 1. The van der Waals surface area contributed by atoms with E-state index >= 15 is 0 Å². The van der Waals surface area contributed by atoms with Crippen molar-refractivity contribution in [2.24, 2.45) is 0 Å². The van der Waals surface area contributed by atoms with Gasteiger partial charge in [0.15, 0.2) is 6.61 Å². The number of amides is 2. The second kappa shape index (κ2) is 7.26. The molecule has 1 aromatic heterocycles. The largest absolute Gasteiger partial charge is 0.482 e. The smallest absolute Gasteiger partial charge is 0.262 e. The van der Waals surface area contributed by atoms with Crippen LogP contribution in [0.15, 0.2) is 30.3 Å². The maximum atomic E-state index is 12.8. The highest BCUT2D eigenvalue weighted by Gasteiger charge is 2.24. The van der Waals surface area contributed by atoms with Crippen LogP contribution in [0.1, 0.15) is 15.2 Å². The summed E-state index contributed by atoms with van der Waals surface area (Å²) in [6.45, 7) is 3.89. The number of carbonyl (C=O) groups excluding carboxylic acids is 2. The molecule has 1 N–H and O–H groups in total. The molecule has 0 bridgehead atoms. The molecule has 0 unspecified atom stereocenters. The van der Waals surface area contributed by atoms with E-state index in [1.807, 2.05) is 11.0 Å². The molecule has 1 fully saturated rings. The molecule has 3 heterocycles. The molecule has 2 aromatic rings. The highest BCUT2D eigenvalue weighted by atomic mass is 35.5. The number of nitrogens with zero attached hydrogens (tertiary/aromatic N) is 2. The minimum Gasteiger partial charge on any atom is -0.482 e. The second-order valence-corrected chi connectivity index (χ2v) is 8.12. The van der Waals surface area contributed by atoms with Crippen LogP contribution in [0, 0.1) is 0 Å². The topological polar surface area (TPSA) is 61.9 Å². The third-order valence-corrected chi connectivity index (χ3v) is 5.75. The number of halogens is 1. The van der Waals surface area contributed by atoms with Crippen molar-refractivity contribution in [3.05, 3.63) is 45.1 Å². The number of rotatable bonds is 3. The van der Waals surface area contributed by atoms with Gasteiger partial charge in [0.2, 0.25) is 0 Å². The third-order valence-electron chi connectivity index (χ3n) is 4.53. The summed E-state index contributed by atoms with van der Waals surface area (Å²) >= 11 is 7.58. The zero-order valence-corrected chi connectivity index (χ0v) is 15.6. The van der Waals surface area contributed by atoms with Crippen LogP contribution in [0.3, 0.4) is 0 Å². The van der Waals surface area contributed by atoms with Crippen LogP contribution in [-0.4, -0.2) is 54.4 Å². The quantitative estimate of drug-likeness (QED) is 0.873. The van der Waals surface area contributed by atoms with Crippen molar-refractivity contribution in [1.82, 2.24) is 9.80 Å². The Balaban J connectivity index is 1.37. The summed E-state index contributed by atoms with van der Waals surface area (Å²) in [6.07, 6.45) is 0. The second-order valence-electron chi connectivity index (χ2n) is 6.32. The molecular formula is C18H18ClN3O3S. The first-order valence-electron chi connectivity index (χ1n) is 8.41. The fourth-order valence-electron chi connectivity index (χ4n) is 3.16. The number of fused-ring (bicyclic) bond motifs is 1. The minimum atomic E-state index is -0.181. The molecular weight excluding hydrogens is 374 g/mol. The van der Waals surface area contributed by atoms with Gasteiger partial charge in [-0.25, -0.2) is 0 Å². The van der Waals surface area contributed by atoms with E-state index < -0.39 is 0 Å². The molecule has 2 amide bonds. The number of hydrogen-bond acceptors (Lipinski definition) is 5. The van der Waals surface area contributed by atoms with Gasteiger partial charge < -0.3 is 15.0 Å². The van der Waals surface area contributed by atoms with Gasteiger partial charge in [0.25, 0.3) is 11.8 Å². The van der Waals surface area contributed by atoms with Gasteiger partial charge in [0.05, 0.1) is 10.0 Å². The van der Waals surface area contributed by atoms with Crippen LogP contribution in [0.5, 0.6) is 5.75 Å². The lowest BCUT2D eigenvalue weighted by molar-refractivity contribution is -0.118. The van der Waals surface area contributed by atoms with Gasteiger partial charge in [-0.1, -0.05) is 11.6 Å². The van der Waals surface area contributed by atoms with Crippen molar-refractivity contribution in [2.45, 2.75) is 6.54 Å². The van der Waals surface area contributed by atoms with E-state index in [1.165, 1.54) is 4.88 Å². The van der Waals surface area contributed by atoms with E-state index in [1.54, 1.807) is 29.5 Å². The lowest BCUT2D eigenvalue weighted by atomic mass is 10.1. The summed E-state index contributed by atoms with van der Waals surface area (Å²) < 4.78 is 6.20. The number of thiophene rings is 1.